The molecule has 0 saturated carbocycles. The van der Waals surface area contributed by atoms with Gasteiger partial charge in [-0.1, -0.05) is 12.1 Å². The maximum Gasteiger partial charge on any atom is 0.289 e. The number of anilines is 1. The lowest BCUT2D eigenvalue weighted by Crippen LogP contribution is -2.49. The van der Waals surface area contributed by atoms with Gasteiger partial charge in [0.15, 0.2) is 5.82 Å². The van der Waals surface area contributed by atoms with Gasteiger partial charge in [0.05, 0.1) is 28.4 Å². The number of hydrogen-bond acceptors (Lipinski definition) is 4. The molecular formula is C19H16FN5O. The molecule has 0 aliphatic carbocycles. The van der Waals surface area contributed by atoms with Gasteiger partial charge in [-0.05, 0) is 30.3 Å². The van der Waals surface area contributed by atoms with Crippen LogP contribution in [0.5, 0.6) is 0 Å². The summed E-state index contributed by atoms with van der Waals surface area (Å²) in [5.74, 6) is -0.244. The highest BCUT2D eigenvalue weighted by atomic mass is 19.1. The summed E-state index contributed by atoms with van der Waals surface area (Å²) >= 11 is 0. The fraction of sp³-hybridized carbons (Fsp3) is 0.211. The van der Waals surface area contributed by atoms with Gasteiger partial charge in [0.25, 0.3) is 5.91 Å². The number of aromatic amines is 1. The molecule has 1 amide bonds. The Morgan fingerprint density at radius 1 is 1.15 bits per heavy atom. The van der Waals surface area contributed by atoms with Crippen molar-refractivity contribution in [3.8, 4) is 6.07 Å². The van der Waals surface area contributed by atoms with Gasteiger partial charge in [-0.25, -0.2) is 9.37 Å². The lowest BCUT2D eigenvalue weighted by atomic mass is 10.2. The molecule has 1 fully saturated rings. The highest BCUT2D eigenvalue weighted by Gasteiger charge is 2.25. The molecule has 26 heavy (non-hydrogen) atoms. The molecule has 6 nitrogen and oxygen atoms in total. The van der Waals surface area contributed by atoms with Crippen molar-refractivity contribution in [1.29, 1.82) is 5.26 Å². The minimum atomic E-state index is -0.416. The third-order valence-electron chi connectivity index (χ3n) is 4.58. The van der Waals surface area contributed by atoms with Crippen LogP contribution in [0.1, 0.15) is 16.2 Å². The van der Waals surface area contributed by atoms with Crippen LogP contribution in [0, 0.1) is 17.1 Å². The summed E-state index contributed by atoms with van der Waals surface area (Å²) < 4.78 is 14.2. The minimum absolute atomic E-state index is 0.152. The third kappa shape index (κ3) is 2.86. The standard InChI is InChI=1S/C19H16FN5O/c20-14-11-13(12-21)5-6-17(14)24-7-9-25(10-8-24)19(26)18-22-15-3-1-2-4-16(15)23-18/h1-6,11H,7-10H2,(H,22,23). The maximum absolute atomic E-state index is 14.2. The smallest absolute Gasteiger partial charge is 0.289 e. The maximum atomic E-state index is 14.2. The molecule has 2 aromatic carbocycles. The fourth-order valence-corrected chi connectivity index (χ4v) is 3.19. The topological polar surface area (TPSA) is 76.0 Å². The zero-order chi connectivity index (χ0) is 18.1. The van der Waals surface area contributed by atoms with Gasteiger partial charge in [0, 0.05) is 26.2 Å². The number of carbonyl (C=O) groups is 1. The first-order valence-corrected chi connectivity index (χ1v) is 8.34. The van der Waals surface area contributed by atoms with Gasteiger partial charge in [-0.2, -0.15) is 5.26 Å². The quantitative estimate of drug-likeness (QED) is 0.771. The lowest BCUT2D eigenvalue weighted by molar-refractivity contribution is 0.0736. The van der Waals surface area contributed by atoms with Crippen molar-refractivity contribution in [1.82, 2.24) is 14.9 Å². The molecule has 0 bridgehead atoms. The molecule has 1 saturated heterocycles. The largest absolute Gasteiger partial charge is 0.366 e. The number of H-pyrrole nitrogens is 1. The van der Waals surface area contributed by atoms with Crippen LogP contribution in [0.2, 0.25) is 0 Å². The summed E-state index contributed by atoms with van der Waals surface area (Å²) in [4.78, 5) is 23.7. The summed E-state index contributed by atoms with van der Waals surface area (Å²) in [6.45, 7) is 2.01. The van der Waals surface area contributed by atoms with Crippen LogP contribution in [0.15, 0.2) is 42.5 Å². The van der Waals surface area contributed by atoms with Gasteiger partial charge in [-0.3, -0.25) is 4.79 Å². The Bertz CT molecular complexity index is 981. The number of para-hydroxylation sites is 2. The second kappa shape index (κ2) is 6.48. The van der Waals surface area contributed by atoms with Crippen LogP contribution >= 0.6 is 0 Å². The summed E-state index contributed by atoms with van der Waals surface area (Å²) in [7, 11) is 0. The molecule has 0 atom stereocenters. The Kier molecular flexibility index (Phi) is 4.01. The molecule has 0 spiro atoms. The number of piperazine rings is 1. The zero-order valence-corrected chi connectivity index (χ0v) is 13.9. The van der Waals surface area contributed by atoms with Gasteiger partial charge in [0.1, 0.15) is 5.82 Å². The molecule has 1 N–H and O–H groups in total. The first kappa shape index (κ1) is 16.1. The van der Waals surface area contributed by atoms with Crippen molar-refractivity contribution in [2.75, 3.05) is 31.1 Å². The molecule has 0 radical (unpaired) electrons. The Balaban J connectivity index is 1.46. The van der Waals surface area contributed by atoms with Gasteiger partial charge >= 0.3 is 0 Å². The molecule has 4 rings (SSSR count). The van der Waals surface area contributed by atoms with Crippen LogP contribution in [0.4, 0.5) is 10.1 Å². The van der Waals surface area contributed by atoms with E-state index >= 15 is 0 Å². The third-order valence-corrected chi connectivity index (χ3v) is 4.58. The minimum Gasteiger partial charge on any atom is -0.366 e. The molecule has 7 heteroatoms. The van der Waals surface area contributed by atoms with E-state index in [4.69, 9.17) is 5.26 Å². The van der Waals surface area contributed by atoms with Crippen molar-refractivity contribution in [3.05, 3.63) is 59.7 Å². The van der Waals surface area contributed by atoms with Crippen molar-refractivity contribution in [2.24, 2.45) is 0 Å². The lowest BCUT2D eigenvalue weighted by Gasteiger charge is -2.35. The van der Waals surface area contributed by atoms with Crippen LogP contribution < -0.4 is 4.90 Å². The number of rotatable bonds is 2. The first-order valence-electron chi connectivity index (χ1n) is 8.34. The molecule has 130 valence electrons. The number of fused-ring (bicyclic) bond motifs is 1. The molecule has 1 aliphatic heterocycles. The highest BCUT2D eigenvalue weighted by molar-refractivity contribution is 5.94. The molecule has 1 aromatic heterocycles. The van der Waals surface area contributed by atoms with E-state index in [-0.39, 0.29) is 5.91 Å². The van der Waals surface area contributed by atoms with Gasteiger partial charge in [-0.15, -0.1) is 0 Å². The van der Waals surface area contributed by atoms with E-state index in [2.05, 4.69) is 9.97 Å². The summed E-state index contributed by atoms with van der Waals surface area (Å²) in [6, 6.07) is 13.9. The second-order valence-electron chi connectivity index (χ2n) is 6.16. The Morgan fingerprint density at radius 2 is 1.92 bits per heavy atom. The van der Waals surface area contributed by atoms with E-state index in [1.54, 1.807) is 17.0 Å². The average molecular weight is 349 g/mol. The van der Waals surface area contributed by atoms with Crippen molar-refractivity contribution >= 4 is 22.6 Å². The number of nitriles is 1. The van der Waals surface area contributed by atoms with Crippen molar-refractivity contribution in [2.45, 2.75) is 0 Å². The Morgan fingerprint density at radius 3 is 2.62 bits per heavy atom. The number of imidazole rings is 1. The highest BCUT2D eigenvalue weighted by Crippen LogP contribution is 2.22. The van der Waals surface area contributed by atoms with Crippen LogP contribution in [-0.4, -0.2) is 47.0 Å². The molecule has 3 aromatic rings. The number of benzene rings is 2. The second-order valence-corrected chi connectivity index (χ2v) is 6.16. The number of carbonyl (C=O) groups excluding carboxylic acids is 1. The van der Waals surface area contributed by atoms with E-state index in [0.29, 0.717) is 43.3 Å². The zero-order valence-electron chi connectivity index (χ0n) is 13.9. The fourth-order valence-electron chi connectivity index (χ4n) is 3.19. The summed E-state index contributed by atoms with van der Waals surface area (Å²) in [6.07, 6.45) is 0. The van der Waals surface area contributed by atoms with E-state index in [0.717, 1.165) is 11.0 Å². The molecule has 1 aliphatic rings. The van der Waals surface area contributed by atoms with Crippen molar-refractivity contribution < 1.29 is 9.18 Å². The number of hydrogen-bond donors (Lipinski definition) is 1. The van der Waals surface area contributed by atoms with E-state index < -0.39 is 5.82 Å². The van der Waals surface area contributed by atoms with E-state index in [9.17, 15) is 9.18 Å². The Labute approximate surface area is 149 Å². The van der Waals surface area contributed by atoms with Crippen molar-refractivity contribution in [3.63, 3.8) is 0 Å². The monoisotopic (exact) mass is 349 g/mol. The predicted molar refractivity (Wildman–Crippen MR) is 95.3 cm³/mol. The van der Waals surface area contributed by atoms with E-state index in [1.807, 2.05) is 35.2 Å². The Hall–Kier alpha value is -3.40. The summed E-state index contributed by atoms with van der Waals surface area (Å²) in [5, 5.41) is 8.84. The molecule has 0 unspecified atom stereocenters. The molecular weight excluding hydrogens is 333 g/mol. The summed E-state index contributed by atoms with van der Waals surface area (Å²) in [5.41, 5.74) is 2.34. The number of aromatic nitrogens is 2. The number of nitrogens with zero attached hydrogens (tertiary/aromatic N) is 4. The van der Waals surface area contributed by atoms with Crippen LogP contribution in [-0.2, 0) is 0 Å². The number of amides is 1. The van der Waals surface area contributed by atoms with Crippen LogP contribution in [0.25, 0.3) is 11.0 Å². The van der Waals surface area contributed by atoms with Gasteiger partial charge < -0.3 is 14.8 Å². The molecule has 2 heterocycles. The first-order chi connectivity index (χ1) is 12.7. The number of halogens is 1. The SMILES string of the molecule is N#Cc1ccc(N2CCN(C(=O)c3nc4ccccc4[nH]3)CC2)c(F)c1. The average Bonchev–Trinajstić information content (AvgIpc) is 3.11. The van der Waals surface area contributed by atoms with E-state index in [1.165, 1.54) is 6.07 Å². The van der Waals surface area contributed by atoms with Gasteiger partial charge in [0.2, 0.25) is 0 Å². The predicted octanol–water partition coefficient (Wildman–Crippen LogP) is 2.54. The van der Waals surface area contributed by atoms with Crippen LogP contribution in [0.3, 0.4) is 0 Å². The normalized spacial score (nSPS) is 14.5. The number of nitrogens with one attached hydrogen (secondary N) is 1.